The maximum atomic E-state index is 12.2. The van der Waals surface area contributed by atoms with Gasteiger partial charge in [0.2, 0.25) is 5.91 Å². The first kappa shape index (κ1) is 17.9. The Balaban J connectivity index is 2.37. The molecule has 0 saturated carbocycles. The molecule has 0 unspecified atom stereocenters. The number of carbonyl (C=O) groups is 2. The van der Waals surface area contributed by atoms with E-state index in [4.69, 9.17) is 10.5 Å². The summed E-state index contributed by atoms with van der Waals surface area (Å²) < 4.78 is 5.32. The number of hydrogen-bond donors (Lipinski definition) is 2. The number of ether oxygens (including phenoxy) is 1. The van der Waals surface area contributed by atoms with Crippen LogP contribution in [0.4, 0.5) is 5.00 Å². The van der Waals surface area contributed by atoms with E-state index in [0.717, 1.165) is 10.4 Å². The number of thiophene rings is 1. The van der Waals surface area contributed by atoms with Crippen molar-refractivity contribution in [2.24, 2.45) is 11.1 Å². The van der Waals surface area contributed by atoms with Crippen LogP contribution in [0.3, 0.4) is 0 Å². The average Bonchev–Trinajstić information content (AvgIpc) is 2.89. The minimum absolute atomic E-state index is 0.149. The number of methoxy groups -OCH3 is 1. The van der Waals surface area contributed by atoms with E-state index in [0.29, 0.717) is 17.2 Å². The SMILES string of the molecule is COc1ccncc1-c1cc(C(N)=O)c(NC(=O)CC(C)(C)C)s1. The first-order valence-corrected chi connectivity index (χ1v) is 8.25. The molecule has 0 spiro atoms. The minimum Gasteiger partial charge on any atom is -0.496 e. The number of carbonyl (C=O) groups excluding carboxylic acids is 2. The highest BCUT2D eigenvalue weighted by molar-refractivity contribution is 7.20. The lowest BCUT2D eigenvalue weighted by atomic mass is 9.92. The van der Waals surface area contributed by atoms with Crippen molar-refractivity contribution in [1.82, 2.24) is 4.98 Å². The summed E-state index contributed by atoms with van der Waals surface area (Å²) in [5, 5.41) is 3.24. The third kappa shape index (κ3) is 4.32. The van der Waals surface area contributed by atoms with Crippen LogP contribution in [0, 0.1) is 5.41 Å². The lowest BCUT2D eigenvalue weighted by Gasteiger charge is -2.17. The summed E-state index contributed by atoms with van der Waals surface area (Å²) in [6.45, 7) is 5.92. The Labute approximate surface area is 145 Å². The zero-order valence-corrected chi connectivity index (χ0v) is 15.0. The molecular weight excluding hydrogens is 326 g/mol. The molecule has 2 heterocycles. The highest BCUT2D eigenvalue weighted by Crippen LogP contribution is 2.39. The van der Waals surface area contributed by atoms with Crippen LogP contribution in [0.15, 0.2) is 24.5 Å². The molecule has 0 aliphatic heterocycles. The van der Waals surface area contributed by atoms with Gasteiger partial charge in [-0.05, 0) is 17.5 Å². The van der Waals surface area contributed by atoms with Crippen LogP contribution < -0.4 is 15.8 Å². The van der Waals surface area contributed by atoms with Gasteiger partial charge in [-0.15, -0.1) is 11.3 Å². The second-order valence-corrected chi connectivity index (χ2v) is 7.63. The van der Waals surface area contributed by atoms with Crippen LogP contribution in [0.2, 0.25) is 0 Å². The Morgan fingerprint density at radius 3 is 2.67 bits per heavy atom. The molecule has 3 N–H and O–H groups in total. The molecular formula is C17H21N3O3S. The predicted molar refractivity (Wildman–Crippen MR) is 95.3 cm³/mol. The van der Waals surface area contributed by atoms with E-state index in [-0.39, 0.29) is 16.9 Å². The van der Waals surface area contributed by atoms with Gasteiger partial charge in [-0.1, -0.05) is 20.8 Å². The van der Waals surface area contributed by atoms with Gasteiger partial charge in [0.15, 0.2) is 0 Å². The van der Waals surface area contributed by atoms with Crippen LogP contribution in [0.5, 0.6) is 5.75 Å². The van der Waals surface area contributed by atoms with Gasteiger partial charge in [0, 0.05) is 23.7 Å². The normalized spacial score (nSPS) is 11.2. The lowest BCUT2D eigenvalue weighted by molar-refractivity contribution is -0.117. The number of nitrogens with one attached hydrogen (secondary N) is 1. The first-order chi connectivity index (χ1) is 11.2. The van der Waals surface area contributed by atoms with Gasteiger partial charge in [0.25, 0.3) is 5.91 Å². The number of rotatable bonds is 5. The fraction of sp³-hybridized carbons (Fsp3) is 0.353. The maximum absolute atomic E-state index is 12.2. The molecule has 128 valence electrons. The van der Waals surface area contributed by atoms with Gasteiger partial charge < -0.3 is 15.8 Å². The average molecular weight is 347 g/mol. The van der Waals surface area contributed by atoms with E-state index in [1.54, 1.807) is 31.6 Å². The standard InChI is InChI=1S/C17H21N3O3S/c1-17(2,3)8-14(21)20-16-10(15(18)22)7-13(24-16)11-9-19-6-5-12(11)23-4/h5-7,9H,8H2,1-4H3,(H2,18,22)(H,20,21). The van der Waals surface area contributed by atoms with Crippen molar-refractivity contribution >= 4 is 28.2 Å². The van der Waals surface area contributed by atoms with E-state index < -0.39 is 5.91 Å². The van der Waals surface area contributed by atoms with Crippen LogP contribution in [0.25, 0.3) is 10.4 Å². The molecule has 0 radical (unpaired) electrons. The molecule has 0 aliphatic carbocycles. The number of primary amides is 1. The Kier molecular flexibility index (Phi) is 5.23. The van der Waals surface area contributed by atoms with Crippen molar-refractivity contribution in [3.63, 3.8) is 0 Å². The number of aromatic nitrogens is 1. The number of anilines is 1. The lowest BCUT2D eigenvalue weighted by Crippen LogP contribution is -2.21. The fourth-order valence-corrected chi connectivity index (χ4v) is 3.29. The second-order valence-electron chi connectivity index (χ2n) is 6.58. The molecule has 24 heavy (non-hydrogen) atoms. The fourth-order valence-electron chi connectivity index (χ4n) is 2.20. The van der Waals surface area contributed by atoms with Crippen LogP contribution in [-0.2, 0) is 4.79 Å². The Morgan fingerprint density at radius 1 is 1.38 bits per heavy atom. The van der Waals surface area contributed by atoms with Gasteiger partial charge in [0.05, 0.1) is 18.2 Å². The smallest absolute Gasteiger partial charge is 0.251 e. The number of pyridine rings is 1. The topological polar surface area (TPSA) is 94.3 Å². The van der Waals surface area contributed by atoms with Gasteiger partial charge in [0.1, 0.15) is 10.8 Å². The van der Waals surface area contributed by atoms with E-state index in [2.05, 4.69) is 10.3 Å². The molecule has 2 amide bonds. The van der Waals surface area contributed by atoms with Gasteiger partial charge in [-0.2, -0.15) is 0 Å². The molecule has 2 aromatic heterocycles. The van der Waals surface area contributed by atoms with Crippen molar-refractivity contribution in [1.29, 1.82) is 0 Å². The molecule has 0 saturated heterocycles. The summed E-state index contributed by atoms with van der Waals surface area (Å²) in [5.74, 6) is -0.113. The number of nitrogens with two attached hydrogens (primary N) is 1. The maximum Gasteiger partial charge on any atom is 0.251 e. The van der Waals surface area contributed by atoms with E-state index in [1.807, 2.05) is 20.8 Å². The quantitative estimate of drug-likeness (QED) is 0.867. The van der Waals surface area contributed by atoms with Crippen LogP contribution in [0.1, 0.15) is 37.6 Å². The minimum atomic E-state index is -0.591. The summed E-state index contributed by atoms with van der Waals surface area (Å²) in [6, 6.07) is 3.39. The number of hydrogen-bond acceptors (Lipinski definition) is 5. The summed E-state index contributed by atoms with van der Waals surface area (Å²) in [4.78, 5) is 28.7. The van der Waals surface area contributed by atoms with Crippen LogP contribution >= 0.6 is 11.3 Å². The molecule has 0 fully saturated rings. The second kappa shape index (κ2) is 7.00. The van der Waals surface area contributed by atoms with Crippen molar-refractivity contribution in [2.45, 2.75) is 27.2 Å². The van der Waals surface area contributed by atoms with E-state index in [1.165, 1.54) is 11.3 Å². The highest BCUT2D eigenvalue weighted by atomic mass is 32.1. The van der Waals surface area contributed by atoms with Gasteiger partial charge in [-0.3, -0.25) is 14.6 Å². The predicted octanol–water partition coefficient (Wildman–Crippen LogP) is 3.29. The zero-order valence-electron chi connectivity index (χ0n) is 14.2. The molecule has 0 aromatic carbocycles. The number of amides is 2. The first-order valence-electron chi connectivity index (χ1n) is 7.43. The van der Waals surface area contributed by atoms with Crippen molar-refractivity contribution in [3.8, 4) is 16.2 Å². The molecule has 2 rings (SSSR count). The van der Waals surface area contributed by atoms with Crippen molar-refractivity contribution < 1.29 is 14.3 Å². The van der Waals surface area contributed by atoms with Crippen molar-refractivity contribution in [2.75, 3.05) is 12.4 Å². The zero-order chi connectivity index (χ0) is 17.9. The molecule has 7 heteroatoms. The Bertz CT molecular complexity index is 763. The van der Waals surface area contributed by atoms with E-state index >= 15 is 0 Å². The third-order valence-electron chi connectivity index (χ3n) is 3.21. The largest absolute Gasteiger partial charge is 0.496 e. The Hall–Kier alpha value is -2.41. The molecule has 2 aromatic rings. The van der Waals surface area contributed by atoms with Gasteiger partial charge >= 0.3 is 0 Å². The van der Waals surface area contributed by atoms with E-state index in [9.17, 15) is 9.59 Å². The monoisotopic (exact) mass is 347 g/mol. The summed E-state index contributed by atoms with van der Waals surface area (Å²) in [7, 11) is 1.56. The molecule has 6 nitrogen and oxygen atoms in total. The van der Waals surface area contributed by atoms with Gasteiger partial charge in [-0.25, -0.2) is 0 Å². The van der Waals surface area contributed by atoms with Crippen LogP contribution in [-0.4, -0.2) is 23.9 Å². The highest BCUT2D eigenvalue weighted by Gasteiger charge is 2.21. The Morgan fingerprint density at radius 2 is 2.08 bits per heavy atom. The molecule has 0 atom stereocenters. The molecule has 0 bridgehead atoms. The summed E-state index contributed by atoms with van der Waals surface area (Å²) in [5.41, 5.74) is 6.32. The summed E-state index contributed by atoms with van der Waals surface area (Å²) >= 11 is 1.27. The third-order valence-corrected chi connectivity index (χ3v) is 4.29. The van der Waals surface area contributed by atoms with Crippen molar-refractivity contribution in [3.05, 3.63) is 30.1 Å². The number of nitrogens with zero attached hydrogens (tertiary/aromatic N) is 1. The summed E-state index contributed by atoms with van der Waals surface area (Å²) in [6.07, 6.45) is 3.61. The molecule has 0 aliphatic rings.